The van der Waals surface area contributed by atoms with Crippen molar-refractivity contribution in [1.29, 1.82) is 0 Å². The minimum atomic E-state index is -1.91. The third-order valence-corrected chi connectivity index (χ3v) is 3.93. The van der Waals surface area contributed by atoms with Gasteiger partial charge < -0.3 is 5.11 Å². The highest BCUT2D eigenvalue weighted by Gasteiger charge is 2.21. The Balaban J connectivity index is 3.19. The molecule has 0 saturated carbocycles. The molecule has 0 saturated heterocycles. The standard InChI is InChI=1S/C9H9NO5S2/c1-16-6-2-3-8(7(4-6)10(13)14)17(15)5-9(11)12/h2-4H,5H2,1H3,(H,11,12). The largest absolute Gasteiger partial charge is 0.481 e. The summed E-state index contributed by atoms with van der Waals surface area (Å²) in [7, 11) is -1.91. The van der Waals surface area contributed by atoms with Gasteiger partial charge in [0.05, 0.1) is 15.7 Å². The first-order valence-electron chi connectivity index (χ1n) is 4.38. The Morgan fingerprint density at radius 3 is 2.71 bits per heavy atom. The first-order chi connectivity index (χ1) is 7.95. The van der Waals surface area contributed by atoms with Crippen LogP contribution in [0, 0.1) is 10.1 Å². The lowest BCUT2D eigenvalue weighted by Gasteiger charge is -2.03. The van der Waals surface area contributed by atoms with Gasteiger partial charge in [-0.05, 0) is 18.4 Å². The van der Waals surface area contributed by atoms with Crippen LogP contribution in [-0.4, -0.2) is 32.2 Å². The van der Waals surface area contributed by atoms with E-state index in [0.717, 1.165) is 0 Å². The first kappa shape index (κ1) is 13.7. The molecule has 1 N–H and O–H groups in total. The Hall–Kier alpha value is -1.41. The Kier molecular flexibility index (Phi) is 4.64. The second kappa shape index (κ2) is 5.78. The summed E-state index contributed by atoms with van der Waals surface area (Å²) >= 11 is 1.31. The number of thioether (sulfide) groups is 1. The average Bonchev–Trinajstić information content (AvgIpc) is 2.27. The molecule has 8 heteroatoms. The topological polar surface area (TPSA) is 97.5 Å². The summed E-state index contributed by atoms with van der Waals surface area (Å²) in [6, 6.07) is 4.20. The van der Waals surface area contributed by atoms with E-state index in [2.05, 4.69) is 0 Å². The molecule has 6 nitrogen and oxygen atoms in total. The third-order valence-electron chi connectivity index (χ3n) is 1.86. The van der Waals surface area contributed by atoms with Crippen molar-refractivity contribution in [3.63, 3.8) is 0 Å². The predicted octanol–water partition coefficient (Wildman–Crippen LogP) is 1.51. The highest BCUT2D eigenvalue weighted by molar-refractivity contribution is 7.98. The van der Waals surface area contributed by atoms with Crippen LogP contribution in [0.2, 0.25) is 0 Å². The summed E-state index contributed by atoms with van der Waals surface area (Å²) in [5.41, 5.74) is -0.309. The fourth-order valence-corrected chi connectivity index (χ4v) is 2.55. The lowest BCUT2D eigenvalue weighted by Crippen LogP contribution is -2.10. The lowest BCUT2D eigenvalue weighted by atomic mass is 10.3. The second-order valence-electron chi connectivity index (χ2n) is 2.97. The van der Waals surface area contributed by atoms with E-state index in [1.54, 1.807) is 12.3 Å². The Morgan fingerprint density at radius 1 is 1.59 bits per heavy atom. The van der Waals surface area contributed by atoms with Gasteiger partial charge in [-0.1, -0.05) is 0 Å². The summed E-state index contributed by atoms with van der Waals surface area (Å²) in [6.07, 6.45) is 1.76. The highest BCUT2D eigenvalue weighted by Crippen LogP contribution is 2.27. The van der Waals surface area contributed by atoms with Crippen LogP contribution in [-0.2, 0) is 15.6 Å². The molecule has 0 aliphatic carbocycles. The normalized spacial score (nSPS) is 12.1. The number of aliphatic carboxylic acids is 1. The summed E-state index contributed by atoms with van der Waals surface area (Å²) in [5, 5.41) is 19.3. The maximum absolute atomic E-state index is 11.6. The second-order valence-corrected chi connectivity index (χ2v) is 5.27. The van der Waals surface area contributed by atoms with Crippen molar-refractivity contribution in [2.24, 2.45) is 0 Å². The van der Waals surface area contributed by atoms with Crippen LogP contribution in [0.5, 0.6) is 0 Å². The van der Waals surface area contributed by atoms with Crippen molar-refractivity contribution in [2.45, 2.75) is 9.79 Å². The minimum Gasteiger partial charge on any atom is -0.481 e. The molecule has 0 amide bonds. The maximum Gasteiger partial charge on any atom is 0.316 e. The summed E-state index contributed by atoms with van der Waals surface area (Å²) in [5.74, 6) is -1.90. The molecule has 0 spiro atoms. The molecular weight excluding hydrogens is 266 g/mol. The number of hydrogen-bond donors (Lipinski definition) is 1. The zero-order chi connectivity index (χ0) is 13.0. The quantitative estimate of drug-likeness (QED) is 0.497. The number of nitro groups is 1. The fraction of sp³-hybridized carbons (Fsp3) is 0.222. The molecule has 0 heterocycles. The molecule has 1 unspecified atom stereocenters. The van der Waals surface area contributed by atoms with Gasteiger partial charge in [0.2, 0.25) is 0 Å². The SMILES string of the molecule is CSc1ccc(S(=O)CC(=O)O)c([N+](=O)[O-])c1. The molecule has 0 fully saturated rings. The molecule has 1 atom stereocenters. The lowest BCUT2D eigenvalue weighted by molar-refractivity contribution is -0.388. The molecule has 92 valence electrons. The Bertz CT molecular complexity index is 488. The summed E-state index contributed by atoms with van der Waals surface area (Å²) in [6.45, 7) is 0. The van der Waals surface area contributed by atoms with Gasteiger partial charge in [0.25, 0.3) is 5.69 Å². The van der Waals surface area contributed by atoms with Gasteiger partial charge in [-0.2, -0.15) is 0 Å². The van der Waals surface area contributed by atoms with Crippen molar-refractivity contribution < 1.29 is 19.0 Å². The molecule has 1 rings (SSSR count). The minimum absolute atomic E-state index is 0.0600. The number of rotatable bonds is 5. The van der Waals surface area contributed by atoms with Gasteiger partial charge in [0.15, 0.2) is 0 Å². The van der Waals surface area contributed by atoms with Crippen molar-refractivity contribution in [3.05, 3.63) is 28.3 Å². The summed E-state index contributed by atoms with van der Waals surface area (Å²) in [4.78, 5) is 21.2. The number of nitro benzene ring substituents is 1. The van der Waals surface area contributed by atoms with Crippen LogP contribution in [0.1, 0.15) is 0 Å². The maximum atomic E-state index is 11.6. The van der Waals surface area contributed by atoms with Crippen LogP contribution in [0.3, 0.4) is 0 Å². The molecule has 0 radical (unpaired) electrons. The molecule has 0 aliphatic heterocycles. The van der Waals surface area contributed by atoms with E-state index in [9.17, 15) is 19.1 Å². The number of nitrogens with zero attached hydrogens (tertiary/aromatic N) is 1. The van der Waals surface area contributed by atoms with Crippen LogP contribution in [0.15, 0.2) is 28.0 Å². The van der Waals surface area contributed by atoms with Gasteiger partial charge in [-0.3, -0.25) is 19.1 Å². The van der Waals surface area contributed by atoms with Crippen molar-refractivity contribution in [1.82, 2.24) is 0 Å². The van der Waals surface area contributed by atoms with Crippen LogP contribution >= 0.6 is 11.8 Å². The Labute approximate surface area is 104 Å². The van der Waals surface area contributed by atoms with Gasteiger partial charge in [-0.15, -0.1) is 11.8 Å². The number of carboxylic acids is 1. The zero-order valence-corrected chi connectivity index (χ0v) is 10.4. The zero-order valence-electron chi connectivity index (χ0n) is 8.78. The molecular formula is C9H9NO5S2. The predicted molar refractivity (Wildman–Crippen MR) is 63.8 cm³/mol. The van der Waals surface area contributed by atoms with E-state index in [1.165, 1.54) is 23.9 Å². The fourth-order valence-electron chi connectivity index (χ4n) is 1.15. The van der Waals surface area contributed by atoms with Gasteiger partial charge in [0.1, 0.15) is 10.6 Å². The number of carboxylic acid groups (broad SMARTS) is 1. The van der Waals surface area contributed by atoms with Crippen molar-refractivity contribution in [2.75, 3.05) is 12.0 Å². The van der Waals surface area contributed by atoms with E-state index >= 15 is 0 Å². The molecule has 0 aliphatic rings. The highest BCUT2D eigenvalue weighted by atomic mass is 32.2. The molecule has 1 aromatic rings. The first-order valence-corrected chi connectivity index (χ1v) is 6.92. The smallest absolute Gasteiger partial charge is 0.316 e. The molecule has 0 bridgehead atoms. The number of carbonyl (C=O) groups is 1. The van der Waals surface area contributed by atoms with Gasteiger partial charge >= 0.3 is 5.97 Å². The molecule has 17 heavy (non-hydrogen) atoms. The van der Waals surface area contributed by atoms with Crippen LogP contribution in [0.25, 0.3) is 0 Å². The number of hydrogen-bond acceptors (Lipinski definition) is 5. The van der Waals surface area contributed by atoms with E-state index in [4.69, 9.17) is 5.11 Å². The third kappa shape index (κ3) is 3.53. The van der Waals surface area contributed by atoms with Crippen LogP contribution < -0.4 is 0 Å². The van der Waals surface area contributed by atoms with Gasteiger partial charge in [0, 0.05) is 11.0 Å². The summed E-state index contributed by atoms with van der Waals surface area (Å²) < 4.78 is 11.6. The van der Waals surface area contributed by atoms with Crippen molar-refractivity contribution >= 4 is 34.2 Å². The monoisotopic (exact) mass is 275 g/mol. The molecule has 1 aromatic carbocycles. The van der Waals surface area contributed by atoms with Crippen LogP contribution in [0.4, 0.5) is 5.69 Å². The Morgan fingerprint density at radius 2 is 2.24 bits per heavy atom. The van der Waals surface area contributed by atoms with E-state index in [-0.39, 0.29) is 10.6 Å². The van der Waals surface area contributed by atoms with Gasteiger partial charge in [-0.25, -0.2) is 0 Å². The molecule has 0 aromatic heterocycles. The number of benzene rings is 1. The van der Waals surface area contributed by atoms with Crippen molar-refractivity contribution in [3.8, 4) is 0 Å². The van der Waals surface area contributed by atoms with E-state index in [1.807, 2.05) is 0 Å². The van der Waals surface area contributed by atoms with E-state index in [0.29, 0.717) is 4.90 Å². The van der Waals surface area contributed by atoms with E-state index < -0.39 is 27.4 Å². The average molecular weight is 275 g/mol.